The van der Waals surface area contributed by atoms with Gasteiger partial charge in [0, 0.05) is 12.8 Å². The summed E-state index contributed by atoms with van der Waals surface area (Å²) in [5.41, 5.74) is -0.501. The van der Waals surface area contributed by atoms with Crippen LogP contribution in [0.15, 0.2) is 0 Å². The largest absolute Gasteiger partial charge is 0.459 e. The van der Waals surface area contributed by atoms with Gasteiger partial charge in [0.25, 0.3) is 0 Å². The van der Waals surface area contributed by atoms with Gasteiger partial charge >= 0.3 is 5.97 Å². The number of esters is 1. The molecule has 1 unspecified atom stereocenters. The van der Waals surface area contributed by atoms with Gasteiger partial charge in [-0.2, -0.15) is 0 Å². The van der Waals surface area contributed by atoms with E-state index in [4.69, 9.17) is 4.74 Å². The Hall–Kier alpha value is -0.320. The van der Waals surface area contributed by atoms with Crippen LogP contribution in [0.25, 0.3) is 0 Å². The third-order valence-electron chi connectivity index (χ3n) is 2.74. The first-order chi connectivity index (χ1) is 9.11. The fourth-order valence-electron chi connectivity index (χ4n) is 1.63. The van der Waals surface area contributed by atoms with Crippen molar-refractivity contribution >= 4 is 17.7 Å². The van der Waals surface area contributed by atoms with Crippen LogP contribution in [-0.2, 0) is 9.53 Å². The SMILES string of the molecule is CCCC(SCCCC(F)(F)CC)C(=O)OC(C)(C)C. The van der Waals surface area contributed by atoms with Crippen LogP contribution in [-0.4, -0.2) is 28.5 Å². The van der Waals surface area contributed by atoms with Crippen molar-refractivity contribution in [3.05, 3.63) is 0 Å². The fourth-order valence-corrected chi connectivity index (χ4v) is 2.81. The molecule has 0 saturated carbocycles. The Balaban J connectivity index is 4.18. The van der Waals surface area contributed by atoms with Gasteiger partial charge in [-0.1, -0.05) is 20.3 Å². The van der Waals surface area contributed by atoms with Gasteiger partial charge in [0.2, 0.25) is 5.92 Å². The molecule has 0 fully saturated rings. The Kier molecular flexibility index (Phi) is 8.71. The van der Waals surface area contributed by atoms with Crippen molar-refractivity contribution in [2.45, 2.75) is 83.5 Å². The Morgan fingerprint density at radius 1 is 1.25 bits per heavy atom. The first-order valence-electron chi connectivity index (χ1n) is 7.33. The van der Waals surface area contributed by atoms with E-state index < -0.39 is 11.5 Å². The molecule has 0 amide bonds. The summed E-state index contributed by atoms with van der Waals surface area (Å²) in [6, 6.07) is 0. The molecule has 0 aromatic heterocycles. The van der Waals surface area contributed by atoms with Gasteiger partial charge in [-0.3, -0.25) is 4.79 Å². The maximum atomic E-state index is 13.1. The summed E-state index contributed by atoms with van der Waals surface area (Å²) in [4.78, 5) is 12.0. The van der Waals surface area contributed by atoms with Gasteiger partial charge in [-0.15, -0.1) is 11.8 Å². The molecule has 0 aliphatic rings. The van der Waals surface area contributed by atoms with Gasteiger partial charge < -0.3 is 4.74 Å². The zero-order chi connectivity index (χ0) is 15.8. The number of carbonyl (C=O) groups is 1. The summed E-state index contributed by atoms with van der Waals surface area (Å²) in [6.07, 6.45) is 1.80. The van der Waals surface area contributed by atoms with Crippen molar-refractivity contribution in [2.24, 2.45) is 0 Å². The Bertz CT molecular complexity index is 288. The Labute approximate surface area is 126 Å². The van der Waals surface area contributed by atoms with Crippen LogP contribution in [0.3, 0.4) is 0 Å². The molecule has 1 atom stereocenters. The van der Waals surface area contributed by atoms with E-state index in [1.165, 1.54) is 18.7 Å². The smallest absolute Gasteiger partial charge is 0.319 e. The normalized spacial score (nSPS) is 14.2. The summed E-state index contributed by atoms with van der Waals surface area (Å²) in [6.45, 7) is 9.00. The lowest BCUT2D eigenvalue weighted by Gasteiger charge is -2.23. The van der Waals surface area contributed by atoms with Gasteiger partial charge in [0.15, 0.2) is 0 Å². The quantitative estimate of drug-likeness (QED) is 0.440. The molecule has 0 aliphatic heterocycles. The molecule has 0 rings (SSSR count). The van der Waals surface area contributed by atoms with E-state index in [0.717, 1.165) is 12.8 Å². The van der Waals surface area contributed by atoms with Crippen LogP contribution >= 0.6 is 11.8 Å². The van der Waals surface area contributed by atoms with Gasteiger partial charge in [0.1, 0.15) is 10.9 Å². The molecule has 0 saturated heterocycles. The van der Waals surface area contributed by atoms with Crippen LogP contribution in [0.2, 0.25) is 0 Å². The Morgan fingerprint density at radius 3 is 2.30 bits per heavy atom. The molecule has 0 radical (unpaired) electrons. The molecule has 0 aromatic carbocycles. The highest BCUT2D eigenvalue weighted by atomic mass is 32.2. The van der Waals surface area contributed by atoms with Gasteiger partial charge in [0.05, 0.1) is 0 Å². The van der Waals surface area contributed by atoms with E-state index in [2.05, 4.69) is 0 Å². The molecule has 0 N–H and O–H groups in total. The average Bonchev–Trinajstić information content (AvgIpc) is 2.31. The average molecular weight is 310 g/mol. The number of thioether (sulfide) groups is 1. The highest BCUT2D eigenvalue weighted by Gasteiger charge is 2.27. The maximum Gasteiger partial charge on any atom is 0.319 e. The fraction of sp³-hybridized carbons (Fsp3) is 0.933. The van der Waals surface area contributed by atoms with E-state index in [1.54, 1.807) is 0 Å². The molecule has 0 spiro atoms. The van der Waals surface area contributed by atoms with Crippen molar-refractivity contribution in [2.75, 3.05) is 5.75 Å². The first-order valence-corrected chi connectivity index (χ1v) is 8.38. The van der Waals surface area contributed by atoms with Crippen LogP contribution in [0, 0.1) is 0 Å². The zero-order valence-corrected chi connectivity index (χ0v) is 14.1. The lowest BCUT2D eigenvalue weighted by molar-refractivity contribution is -0.154. The van der Waals surface area contributed by atoms with Crippen molar-refractivity contribution in [1.29, 1.82) is 0 Å². The highest BCUT2D eigenvalue weighted by molar-refractivity contribution is 8.00. The maximum absolute atomic E-state index is 13.1. The molecule has 120 valence electrons. The molecule has 0 aromatic rings. The second-order valence-corrected chi connectivity index (χ2v) is 7.31. The summed E-state index contributed by atoms with van der Waals surface area (Å²) in [5.74, 6) is -2.24. The highest BCUT2D eigenvalue weighted by Crippen LogP contribution is 2.27. The summed E-state index contributed by atoms with van der Waals surface area (Å²) >= 11 is 1.44. The van der Waals surface area contributed by atoms with Crippen LogP contribution in [0.1, 0.15) is 66.7 Å². The number of hydrogen-bond donors (Lipinski definition) is 0. The predicted octanol–water partition coefficient (Wildman–Crippen LogP) is 5.06. The number of ether oxygens (including phenoxy) is 1. The molecular formula is C15H28F2O2S. The van der Waals surface area contributed by atoms with Crippen molar-refractivity contribution < 1.29 is 18.3 Å². The van der Waals surface area contributed by atoms with Gasteiger partial charge in [-0.05, 0) is 39.4 Å². The zero-order valence-electron chi connectivity index (χ0n) is 13.3. The summed E-state index contributed by atoms with van der Waals surface area (Å²) in [7, 11) is 0. The molecule has 0 heterocycles. The number of alkyl halides is 2. The molecule has 20 heavy (non-hydrogen) atoms. The molecule has 0 bridgehead atoms. The monoisotopic (exact) mass is 310 g/mol. The standard InChI is InChI=1S/C15H28F2O2S/c1-6-9-12(13(18)19-14(3,4)5)20-11-8-10-15(16,17)7-2/h12H,6-11H2,1-5H3. The third kappa shape index (κ3) is 9.56. The number of rotatable bonds is 9. The molecule has 2 nitrogen and oxygen atoms in total. The third-order valence-corrected chi connectivity index (χ3v) is 4.10. The molecule has 5 heteroatoms. The topological polar surface area (TPSA) is 26.3 Å². The molecule has 0 aliphatic carbocycles. The summed E-state index contributed by atoms with van der Waals surface area (Å²) in [5, 5.41) is -0.241. The van der Waals surface area contributed by atoms with Crippen LogP contribution < -0.4 is 0 Å². The van der Waals surface area contributed by atoms with E-state index in [9.17, 15) is 13.6 Å². The minimum Gasteiger partial charge on any atom is -0.459 e. The first kappa shape index (κ1) is 19.7. The van der Waals surface area contributed by atoms with Crippen LogP contribution in [0.5, 0.6) is 0 Å². The summed E-state index contributed by atoms with van der Waals surface area (Å²) < 4.78 is 31.6. The van der Waals surface area contributed by atoms with Crippen LogP contribution in [0.4, 0.5) is 8.78 Å². The minimum absolute atomic E-state index is 0.107. The van der Waals surface area contributed by atoms with Crippen molar-refractivity contribution in [3.8, 4) is 0 Å². The Morgan fingerprint density at radius 2 is 1.85 bits per heavy atom. The van der Waals surface area contributed by atoms with E-state index in [1.807, 2.05) is 27.7 Å². The second-order valence-electron chi connectivity index (χ2n) is 5.99. The van der Waals surface area contributed by atoms with Crippen molar-refractivity contribution in [1.82, 2.24) is 0 Å². The van der Waals surface area contributed by atoms with E-state index in [-0.39, 0.29) is 24.1 Å². The molecular weight excluding hydrogens is 282 g/mol. The van der Waals surface area contributed by atoms with Crippen molar-refractivity contribution in [3.63, 3.8) is 0 Å². The lowest BCUT2D eigenvalue weighted by atomic mass is 10.1. The number of carbonyl (C=O) groups excluding carboxylic acids is 1. The predicted molar refractivity (Wildman–Crippen MR) is 81.5 cm³/mol. The van der Waals surface area contributed by atoms with Gasteiger partial charge in [-0.25, -0.2) is 8.78 Å². The number of halogens is 2. The minimum atomic E-state index is -2.58. The van der Waals surface area contributed by atoms with E-state index in [0.29, 0.717) is 12.2 Å². The number of hydrogen-bond acceptors (Lipinski definition) is 3. The van der Waals surface area contributed by atoms with E-state index >= 15 is 0 Å². The second kappa shape index (κ2) is 8.85. The lowest BCUT2D eigenvalue weighted by Crippen LogP contribution is -2.30.